The number of ether oxygens (including phenoxy) is 1. The van der Waals surface area contributed by atoms with Crippen LogP contribution in [0.4, 0.5) is 0 Å². The topological polar surface area (TPSA) is 87.2 Å². The van der Waals surface area contributed by atoms with Crippen molar-refractivity contribution >= 4 is 29.5 Å². The van der Waals surface area contributed by atoms with Gasteiger partial charge in [0, 0.05) is 17.8 Å². The van der Waals surface area contributed by atoms with E-state index in [1.807, 2.05) is 11.8 Å². The molecule has 2 bridgehead atoms. The van der Waals surface area contributed by atoms with E-state index in [4.69, 9.17) is 4.74 Å². The molecule has 3 aliphatic rings. The molecule has 1 N–H and O–H groups in total. The van der Waals surface area contributed by atoms with Crippen LogP contribution in [0.25, 0.3) is 0 Å². The van der Waals surface area contributed by atoms with E-state index < -0.39 is 28.7 Å². The van der Waals surface area contributed by atoms with Crippen LogP contribution in [-0.4, -0.2) is 80.6 Å². The van der Waals surface area contributed by atoms with Gasteiger partial charge >= 0.3 is 5.97 Å². The van der Waals surface area contributed by atoms with Crippen molar-refractivity contribution in [3.8, 4) is 0 Å². The Kier molecular flexibility index (Phi) is 7.65. The normalized spacial score (nSPS) is 34.9. The smallest absolute Gasteiger partial charge is 0.310 e. The molecule has 1 spiro atoms. The maximum absolute atomic E-state index is 14.2. The molecule has 3 saturated heterocycles. The summed E-state index contributed by atoms with van der Waals surface area (Å²) < 4.78 is 4.67. The molecule has 0 aromatic heterocycles. The summed E-state index contributed by atoms with van der Waals surface area (Å²) in [5.41, 5.74) is 0. The van der Waals surface area contributed by atoms with Gasteiger partial charge in [-0.15, -0.1) is 18.3 Å². The number of likely N-dealkylation sites (tertiary alicyclic amines) is 1. The number of rotatable bonds is 10. The lowest BCUT2D eigenvalue weighted by atomic mass is 9.66. The van der Waals surface area contributed by atoms with Crippen LogP contribution in [0.3, 0.4) is 0 Å². The van der Waals surface area contributed by atoms with E-state index in [2.05, 4.69) is 20.4 Å². The van der Waals surface area contributed by atoms with E-state index in [-0.39, 0.29) is 48.2 Å². The highest BCUT2D eigenvalue weighted by Crippen LogP contribution is 2.69. The van der Waals surface area contributed by atoms with Gasteiger partial charge in [-0.2, -0.15) is 0 Å². The molecule has 0 saturated carbocycles. The maximum atomic E-state index is 14.2. The van der Waals surface area contributed by atoms with Crippen molar-refractivity contribution in [2.24, 2.45) is 17.8 Å². The van der Waals surface area contributed by atoms with Crippen LogP contribution in [0.15, 0.2) is 12.7 Å². The lowest BCUT2D eigenvalue weighted by Gasteiger charge is -2.42. The minimum atomic E-state index is -0.717. The first kappa shape index (κ1) is 25.1. The Hall–Kier alpha value is -1.54. The van der Waals surface area contributed by atoms with Crippen LogP contribution in [0, 0.1) is 17.8 Å². The van der Waals surface area contributed by atoms with Crippen molar-refractivity contribution in [3.05, 3.63) is 12.7 Å². The Morgan fingerprint density at radius 3 is 2.66 bits per heavy atom. The Morgan fingerprint density at radius 2 is 2.09 bits per heavy atom. The molecule has 180 valence electrons. The van der Waals surface area contributed by atoms with Gasteiger partial charge in [-0.3, -0.25) is 14.4 Å². The number of aliphatic hydroxyl groups excluding tert-OH is 1. The number of carbonyl (C=O) groups is 3. The number of hydrogen-bond acceptors (Lipinski definition) is 6. The van der Waals surface area contributed by atoms with Gasteiger partial charge in [0.15, 0.2) is 0 Å². The zero-order valence-corrected chi connectivity index (χ0v) is 20.8. The molecule has 8 heteroatoms. The van der Waals surface area contributed by atoms with Crippen molar-refractivity contribution in [1.82, 2.24) is 9.80 Å². The predicted molar refractivity (Wildman–Crippen MR) is 125 cm³/mol. The number of thioether (sulfide) groups is 1. The highest BCUT2D eigenvalue weighted by molar-refractivity contribution is 8.02. The minimum Gasteiger partial charge on any atom is -0.466 e. The first-order chi connectivity index (χ1) is 15.2. The van der Waals surface area contributed by atoms with Crippen molar-refractivity contribution in [2.75, 3.05) is 19.8 Å². The van der Waals surface area contributed by atoms with E-state index in [0.717, 1.165) is 19.3 Å². The Morgan fingerprint density at radius 1 is 1.41 bits per heavy atom. The summed E-state index contributed by atoms with van der Waals surface area (Å²) in [7, 11) is 0. The molecule has 8 atom stereocenters. The van der Waals surface area contributed by atoms with E-state index in [1.54, 1.807) is 36.6 Å². The Labute approximate surface area is 195 Å². The SMILES string of the molecule is C=CCN(C(=O)C1N([C@H](C)CO)C(=O)[C@@H]2[C@H](C(=O)OCC)[C@@H]3CC(C)C12S3)C(C)CCC. The standard InChI is InChI=1S/C24H38N2O5S/c1-7-10-15(5)25(11-8-2)22(29)20-24-14(4)12-17(32-24)18(23(30)31-9-3)19(24)21(28)26(20)16(6)13-27/h8,14-20,27H,2,7,9-13H2,1,3-6H3/t14?,15?,16-,17+,18-,19+,20?,24?/m1/s1. The van der Waals surface area contributed by atoms with Gasteiger partial charge in [-0.1, -0.05) is 26.3 Å². The monoisotopic (exact) mass is 466 g/mol. The second kappa shape index (κ2) is 9.75. The summed E-state index contributed by atoms with van der Waals surface area (Å²) in [6.45, 7) is 14.0. The molecule has 0 radical (unpaired) electrons. The second-order valence-electron chi connectivity index (χ2n) is 9.50. The lowest BCUT2D eigenvalue weighted by molar-refractivity contribution is -0.154. The summed E-state index contributed by atoms with van der Waals surface area (Å²) in [4.78, 5) is 44.3. The fourth-order valence-corrected chi connectivity index (χ4v) is 8.55. The number of esters is 1. The van der Waals surface area contributed by atoms with Gasteiger partial charge in [-0.05, 0) is 39.5 Å². The molecule has 2 amide bonds. The summed E-state index contributed by atoms with van der Waals surface area (Å²) >= 11 is 1.63. The number of nitrogens with zero attached hydrogens (tertiary/aromatic N) is 2. The summed E-state index contributed by atoms with van der Waals surface area (Å²) in [6, 6.07) is -1.23. The predicted octanol–water partition coefficient (Wildman–Crippen LogP) is 2.47. The van der Waals surface area contributed by atoms with Crippen LogP contribution >= 0.6 is 11.8 Å². The van der Waals surface area contributed by atoms with Crippen molar-refractivity contribution in [1.29, 1.82) is 0 Å². The fourth-order valence-electron chi connectivity index (χ4n) is 6.16. The lowest BCUT2D eigenvalue weighted by Crippen LogP contribution is -2.60. The van der Waals surface area contributed by atoms with Crippen LogP contribution in [0.1, 0.15) is 53.9 Å². The maximum Gasteiger partial charge on any atom is 0.310 e. The highest BCUT2D eigenvalue weighted by atomic mass is 32.2. The average molecular weight is 467 g/mol. The summed E-state index contributed by atoms with van der Waals surface area (Å²) in [5.74, 6) is -1.71. The van der Waals surface area contributed by atoms with Crippen LogP contribution in [0.2, 0.25) is 0 Å². The summed E-state index contributed by atoms with van der Waals surface area (Å²) in [6.07, 6.45) is 4.28. The molecular weight excluding hydrogens is 428 g/mol. The third-order valence-electron chi connectivity index (χ3n) is 7.56. The van der Waals surface area contributed by atoms with Gasteiger partial charge in [0.2, 0.25) is 11.8 Å². The molecule has 4 unspecified atom stereocenters. The molecule has 0 aliphatic carbocycles. The number of aliphatic hydroxyl groups is 1. The van der Waals surface area contributed by atoms with Gasteiger partial charge in [-0.25, -0.2) is 0 Å². The minimum absolute atomic E-state index is 0.00194. The van der Waals surface area contributed by atoms with Crippen molar-refractivity contribution in [2.45, 2.75) is 82.0 Å². The van der Waals surface area contributed by atoms with Gasteiger partial charge in [0.05, 0.1) is 35.8 Å². The zero-order valence-electron chi connectivity index (χ0n) is 20.0. The first-order valence-electron chi connectivity index (χ1n) is 11.9. The van der Waals surface area contributed by atoms with Crippen LogP contribution < -0.4 is 0 Å². The molecular formula is C24H38N2O5S. The third kappa shape index (κ3) is 3.67. The molecule has 3 fully saturated rings. The van der Waals surface area contributed by atoms with Crippen molar-refractivity contribution < 1.29 is 24.2 Å². The molecule has 7 nitrogen and oxygen atoms in total. The molecule has 3 aliphatic heterocycles. The van der Waals surface area contributed by atoms with Crippen LogP contribution in [-0.2, 0) is 19.1 Å². The second-order valence-corrected chi connectivity index (χ2v) is 11.0. The Bertz CT molecular complexity index is 761. The van der Waals surface area contributed by atoms with E-state index in [0.29, 0.717) is 6.54 Å². The molecule has 3 rings (SSSR count). The number of amides is 2. The molecule has 3 heterocycles. The van der Waals surface area contributed by atoms with Crippen LogP contribution in [0.5, 0.6) is 0 Å². The van der Waals surface area contributed by atoms with E-state index in [1.165, 1.54) is 0 Å². The van der Waals surface area contributed by atoms with Gasteiger partial charge in [0.25, 0.3) is 0 Å². The summed E-state index contributed by atoms with van der Waals surface area (Å²) in [5, 5.41) is 9.94. The molecule has 0 aromatic rings. The van der Waals surface area contributed by atoms with Gasteiger partial charge < -0.3 is 19.6 Å². The fraction of sp³-hybridized carbons (Fsp3) is 0.792. The molecule has 0 aromatic carbocycles. The average Bonchev–Trinajstić information content (AvgIpc) is 3.35. The number of hydrogen-bond donors (Lipinski definition) is 1. The first-order valence-corrected chi connectivity index (χ1v) is 12.8. The Balaban J connectivity index is 2.10. The largest absolute Gasteiger partial charge is 0.466 e. The van der Waals surface area contributed by atoms with Crippen molar-refractivity contribution in [3.63, 3.8) is 0 Å². The third-order valence-corrected chi connectivity index (χ3v) is 9.64. The highest BCUT2D eigenvalue weighted by Gasteiger charge is 2.77. The number of fused-ring (bicyclic) bond motifs is 1. The zero-order chi connectivity index (χ0) is 23.8. The van der Waals surface area contributed by atoms with E-state index in [9.17, 15) is 19.5 Å². The van der Waals surface area contributed by atoms with Gasteiger partial charge in [0.1, 0.15) is 6.04 Å². The molecule has 32 heavy (non-hydrogen) atoms. The quantitative estimate of drug-likeness (QED) is 0.393. The number of carbonyl (C=O) groups excluding carboxylic acids is 3. The van der Waals surface area contributed by atoms with E-state index >= 15 is 0 Å².